The van der Waals surface area contributed by atoms with Crippen LogP contribution in [0.1, 0.15) is 44.6 Å². The third kappa shape index (κ3) is 5.51. The SMILES string of the molecule is CC(C)S(=O)(=O)NC1CCC[C@@H]1c1ccc(-c2ccc(OC(F)(F)F)cc2)cc1. The summed E-state index contributed by atoms with van der Waals surface area (Å²) in [5.41, 5.74) is 2.69. The lowest BCUT2D eigenvalue weighted by molar-refractivity contribution is -0.274. The number of hydrogen-bond acceptors (Lipinski definition) is 3. The fourth-order valence-corrected chi connectivity index (χ4v) is 4.60. The fourth-order valence-electron chi connectivity index (χ4n) is 3.62. The molecule has 0 spiro atoms. The Hall–Kier alpha value is -2.06. The van der Waals surface area contributed by atoms with Gasteiger partial charge in [-0.3, -0.25) is 0 Å². The molecule has 0 amide bonds. The molecule has 29 heavy (non-hydrogen) atoms. The predicted molar refractivity (Wildman–Crippen MR) is 106 cm³/mol. The summed E-state index contributed by atoms with van der Waals surface area (Å²) in [5.74, 6) is -0.149. The molecule has 1 N–H and O–H groups in total. The predicted octanol–water partition coefficient (Wildman–Crippen LogP) is 5.22. The van der Waals surface area contributed by atoms with Gasteiger partial charge in [0.2, 0.25) is 10.0 Å². The van der Waals surface area contributed by atoms with Crippen molar-refractivity contribution >= 4 is 10.0 Å². The first-order valence-corrected chi connectivity index (χ1v) is 11.1. The number of alkyl halides is 3. The van der Waals surface area contributed by atoms with E-state index >= 15 is 0 Å². The summed E-state index contributed by atoms with van der Waals surface area (Å²) < 4.78 is 68.0. The van der Waals surface area contributed by atoms with Crippen LogP contribution in [0.5, 0.6) is 5.75 Å². The van der Waals surface area contributed by atoms with E-state index in [1.165, 1.54) is 12.1 Å². The molecule has 2 aromatic rings. The summed E-state index contributed by atoms with van der Waals surface area (Å²) >= 11 is 0. The summed E-state index contributed by atoms with van der Waals surface area (Å²) in [4.78, 5) is 0. The topological polar surface area (TPSA) is 55.4 Å². The zero-order chi connectivity index (χ0) is 21.2. The first-order valence-electron chi connectivity index (χ1n) is 9.52. The normalized spacial score (nSPS) is 20.2. The maximum atomic E-state index is 12.3. The minimum atomic E-state index is -4.71. The Labute approximate surface area is 169 Å². The molecule has 1 unspecified atom stereocenters. The van der Waals surface area contributed by atoms with E-state index in [-0.39, 0.29) is 17.7 Å². The van der Waals surface area contributed by atoms with E-state index in [9.17, 15) is 21.6 Å². The molecule has 0 bridgehead atoms. The summed E-state index contributed by atoms with van der Waals surface area (Å²) in [6.45, 7) is 3.32. The summed E-state index contributed by atoms with van der Waals surface area (Å²) in [6, 6.07) is 13.3. The average molecular weight is 427 g/mol. The molecule has 0 radical (unpaired) electrons. The van der Waals surface area contributed by atoms with Crippen molar-refractivity contribution in [1.29, 1.82) is 0 Å². The minimum absolute atomic E-state index is 0.111. The number of nitrogens with one attached hydrogen (secondary N) is 1. The van der Waals surface area contributed by atoms with Crippen molar-refractivity contribution in [2.75, 3.05) is 0 Å². The van der Waals surface area contributed by atoms with Gasteiger partial charge in [0.15, 0.2) is 0 Å². The van der Waals surface area contributed by atoms with E-state index < -0.39 is 21.6 Å². The number of halogens is 3. The highest BCUT2D eigenvalue weighted by atomic mass is 32.2. The second-order valence-electron chi connectivity index (χ2n) is 7.55. The Kier molecular flexibility index (Phi) is 6.24. The van der Waals surface area contributed by atoms with E-state index in [2.05, 4.69) is 9.46 Å². The van der Waals surface area contributed by atoms with Gasteiger partial charge in [0.1, 0.15) is 5.75 Å². The van der Waals surface area contributed by atoms with Crippen LogP contribution in [0.25, 0.3) is 11.1 Å². The molecule has 0 heterocycles. The average Bonchev–Trinajstić information content (AvgIpc) is 3.08. The molecule has 4 nitrogen and oxygen atoms in total. The number of sulfonamides is 1. The van der Waals surface area contributed by atoms with Gasteiger partial charge in [-0.15, -0.1) is 13.2 Å². The van der Waals surface area contributed by atoms with Crippen molar-refractivity contribution < 1.29 is 26.3 Å². The van der Waals surface area contributed by atoms with Crippen LogP contribution in [-0.4, -0.2) is 26.1 Å². The van der Waals surface area contributed by atoms with Crippen LogP contribution < -0.4 is 9.46 Å². The number of hydrogen-bond donors (Lipinski definition) is 1. The van der Waals surface area contributed by atoms with Crippen LogP contribution in [0.4, 0.5) is 13.2 Å². The van der Waals surface area contributed by atoms with Gasteiger partial charge in [0.25, 0.3) is 0 Å². The lowest BCUT2D eigenvalue weighted by Crippen LogP contribution is -2.40. The number of ether oxygens (including phenoxy) is 1. The van der Waals surface area contributed by atoms with E-state index in [1.54, 1.807) is 26.0 Å². The van der Waals surface area contributed by atoms with Crippen molar-refractivity contribution in [3.8, 4) is 16.9 Å². The van der Waals surface area contributed by atoms with Crippen LogP contribution in [0.15, 0.2) is 48.5 Å². The molecule has 2 aromatic carbocycles. The number of benzene rings is 2. The van der Waals surface area contributed by atoms with Gasteiger partial charge in [0, 0.05) is 12.0 Å². The second kappa shape index (κ2) is 8.36. The first-order chi connectivity index (χ1) is 13.5. The van der Waals surface area contributed by atoms with E-state index in [0.29, 0.717) is 0 Å². The molecule has 2 atom stereocenters. The molecule has 158 valence electrons. The van der Waals surface area contributed by atoms with Gasteiger partial charge in [-0.1, -0.05) is 42.8 Å². The zero-order valence-corrected chi connectivity index (χ0v) is 17.1. The highest BCUT2D eigenvalue weighted by molar-refractivity contribution is 7.90. The molecule has 1 aliphatic rings. The first kappa shape index (κ1) is 21.6. The molecule has 8 heteroatoms. The van der Waals surface area contributed by atoms with E-state index in [0.717, 1.165) is 36.0 Å². The van der Waals surface area contributed by atoms with Gasteiger partial charge in [0.05, 0.1) is 5.25 Å². The smallest absolute Gasteiger partial charge is 0.406 e. The molecule has 1 fully saturated rings. The number of rotatable bonds is 6. The lowest BCUT2D eigenvalue weighted by Gasteiger charge is -2.23. The Bertz CT molecular complexity index is 923. The zero-order valence-electron chi connectivity index (χ0n) is 16.2. The standard InChI is InChI=1S/C21H24F3NO3S/c1-14(2)29(26,27)25-20-5-3-4-19(20)17-8-6-15(7-9-17)16-10-12-18(13-11-16)28-21(22,23)24/h6-14,19-20,25H,3-5H2,1-2H3/t19-,20?/m1/s1. The lowest BCUT2D eigenvalue weighted by atomic mass is 9.93. The summed E-state index contributed by atoms with van der Waals surface area (Å²) in [7, 11) is -3.33. The molecule has 3 rings (SSSR count). The highest BCUT2D eigenvalue weighted by Gasteiger charge is 2.33. The van der Waals surface area contributed by atoms with Gasteiger partial charge in [-0.05, 0) is 55.5 Å². The van der Waals surface area contributed by atoms with Crippen molar-refractivity contribution in [1.82, 2.24) is 4.72 Å². The third-order valence-corrected chi connectivity index (χ3v) is 7.08. The molecular formula is C21H24F3NO3S. The van der Waals surface area contributed by atoms with Crippen molar-refractivity contribution in [2.24, 2.45) is 0 Å². The van der Waals surface area contributed by atoms with Crippen molar-refractivity contribution in [2.45, 2.75) is 56.7 Å². The molecule has 1 saturated carbocycles. The largest absolute Gasteiger partial charge is 0.573 e. The van der Waals surface area contributed by atoms with Crippen LogP contribution in [0.3, 0.4) is 0 Å². The maximum Gasteiger partial charge on any atom is 0.573 e. The van der Waals surface area contributed by atoms with Gasteiger partial charge >= 0.3 is 6.36 Å². The Balaban J connectivity index is 1.73. The monoisotopic (exact) mass is 427 g/mol. The summed E-state index contributed by atoms with van der Waals surface area (Å²) in [5, 5.41) is -0.476. The summed E-state index contributed by atoms with van der Waals surface area (Å²) in [6.07, 6.45) is -2.04. The fraction of sp³-hybridized carbons (Fsp3) is 0.429. The molecule has 0 aliphatic heterocycles. The highest BCUT2D eigenvalue weighted by Crippen LogP contribution is 2.36. The second-order valence-corrected chi connectivity index (χ2v) is 9.82. The van der Waals surface area contributed by atoms with E-state index in [1.807, 2.05) is 24.3 Å². The molecular weight excluding hydrogens is 403 g/mol. The maximum absolute atomic E-state index is 12.3. The van der Waals surface area contributed by atoms with Crippen LogP contribution in [0, 0.1) is 0 Å². The van der Waals surface area contributed by atoms with Gasteiger partial charge < -0.3 is 4.74 Å². The minimum Gasteiger partial charge on any atom is -0.406 e. The van der Waals surface area contributed by atoms with Crippen molar-refractivity contribution in [3.63, 3.8) is 0 Å². The van der Waals surface area contributed by atoms with Gasteiger partial charge in [-0.2, -0.15) is 0 Å². The van der Waals surface area contributed by atoms with E-state index in [4.69, 9.17) is 0 Å². The Morgan fingerprint density at radius 3 is 2.03 bits per heavy atom. The Morgan fingerprint density at radius 1 is 0.966 bits per heavy atom. The van der Waals surface area contributed by atoms with Crippen LogP contribution >= 0.6 is 0 Å². The van der Waals surface area contributed by atoms with Crippen LogP contribution in [0.2, 0.25) is 0 Å². The Morgan fingerprint density at radius 2 is 1.52 bits per heavy atom. The third-order valence-electron chi connectivity index (χ3n) is 5.21. The van der Waals surface area contributed by atoms with Crippen LogP contribution in [-0.2, 0) is 10.0 Å². The molecule has 0 aromatic heterocycles. The quantitative estimate of drug-likeness (QED) is 0.688. The molecule has 0 saturated heterocycles. The van der Waals surface area contributed by atoms with Gasteiger partial charge in [-0.25, -0.2) is 13.1 Å². The van der Waals surface area contributed by atoms with Crippen molar-refractivity contribution in [3.05, 3.63) is 54.1 Å². The molecule has 1 aliphatic carbocycles.